The van der Waals surface area contributed by atoms with E-state index in [2.05, 4.69) is 36.9 Å². The van der Waals surface area contributed by atoms with E-state index in [1.54, 1.807) is 12.1 Å². The highest BCUT2D eigenvalue weighted by Crippen LogP contribution is 2.34. The molecule has 158 valence electrons. The first-order valence-electron chi connectivity index (χ1n) is 9.78. The Bertz CT molecular complexity index is 1240. The quantitative estimate of drug-likeness (QED) is 0.251. The van der Waals surface area contributed by atoms with E-state index < -0.39 is 10.1 Å². The summed E-state index contributed by atoms with van der Waals surface area (Å²) in [5, 5.41) is 0. The first-order chi connectivity index (χ1) is 14.8. The third-order valence-corrected chi connectivity index (χ3v) is 7.78. The van der Waals surface area contributed by atoms with Crippen LogP contribution in [0.3, 0.4) is 0 Å². The lowest BCUT2D eigenvalue weighted by atomic mass is 10.0. The van der Waals surface area contributed by atoms with Gasteiger partial charge in [-0.3, -0.25) is 4.55 Å². The van der Waals surface area contributed by atoms with Crippen molar-refractivity contribution >= 4 is 21.0 Å². The van der Waals surface area contributed by atoms with Crippen LogP contribution in [0.1, 0.15) is 12.5 Å². The Morgan fingerprint density at radius 2 is 1.68 bits per heavy atom. The van der Waals surface area contributed by atoms with Crippen molar-refractivity contribution in [2.75, 3.05) is 0 Å². The number of benzene rings is 3. The van der Waals surface area contributed by atoms with Crippen LogP contribution in [-0.4, -0.2) is 13.0 Å². The van der Waals surface area contributed by atoms with Gasteiger partial charge in [-0.1, -0.05) is 55.1 Å². The second-order valence-corrected chi connectivity index (χ2v) is 10.4. The molecule has 0 radical (unpaired) electrons. The number of allylic oxidation sites excluding steroid dienone is 4. The molecule has 1 N–H and O–H groups in total. The maximum Gasteiger partial charge on any atom is 0.294 e. The fourth-order valence-electron chi connectivity index (χ4n) is 3.30. The minimum atomic E-state index is -4.28. The standard InChI is InChI=1S/C26H24O3S2/c1-4-10-22(11-5-2)30(23-13-7-6-8-14-23)24-15-9-12-21(18-24)26-19-25(31(27,28)29)17-16-20(26)3/h4-19H,1H2,2-3H3/p+1/b11-5-,22-10+. The van der Waals surface area contributed by atoms with Crippen molar-refractivity contribution in [3.05, 3.63) is 114 Å². The molecule has 1 atom stereocenters. The van der Waals surface area contributed by atoms with E-state index in [0.29, 0.717) is 0 Å². The molecule has 0 fully saturated rings. The van der Waals surface area contributed by atoms with E-state index in [1.807, 2.05) is 56.3 Å². The van der Waals surface area contributed by atoms with Crippen LogP contribution < -0.4 is 0 Å². The Morgan fingerprint density at radius 3 is 2.32 bits per heavy atom. The summed E-state index contributed by atoms with van der Waals surface area (Å²) in [6.07, 6.45) is 7.92. The lowest BCUT2D eigenvalue weighted by Crippen LogP contribution is -2.06. The summed E-state index contributed by atoms with van der Waals surface area (Å²) in [5.74, 6) is 0. The summed E-state index contributed by atoms with van der Waals surface area (Å²) in [6.45, 7) is 7.79. The molecule has 3 nitrogen and oxygen atoms in total. The Hall–Kier alpha value is -2.86. The van der Waals surface area contributed by atoms with Crippen molar-refractivity contribution in [3.8, 4) is 11.1 Å². The van der Waals surface area contributed by atoms with Gasteiger partial charge in [0.2, 0.25) is 0 Å². The average Bonchev–Trinajstić information content (AvgIpc) is 2.75. The molecule has 0 spiro atoms. The normalized spacial score (nSPS) is 13.3. The molecule has 31 heavy (non-hydrogen) atoms. The van der Waals surface area contributed by atoms with Crippen molar-refractivity contribution in [1.82, 2.24) is 0 Å². The van der Waals surface area contributed by atoms with Crippen LogP contribution in [0.25, 0.3) is 11.1 Å². The van der Waals surface area contributed by atoms with Gasteiger partial charge in [-0.15, -0.1) is 0 Å². The minimum absolute atomic E-state index is 0.110. The van der Waals surface area contributed by atoms with Gasteiger partial charge < -0.3 is 0 Å². The highest BCUT2D eigenvalue weighted by atomic mass is 32.2. The van der Waals surface area contributed by atoms with Crippen molar-refractivity contribution in [1.29, 1.82) is 0 Å². The van der Waals surface area contributed by atoms with Crippen molar-refractivity contribution < 1.29 is 13.0 Å². The average molecular weight is 450 g/mol. The Labute approximate surface area is 187 Å². The molecule has 0 bridgehead atoms. The Morgan fingerprint density at radius 1 is 0.968 bits per heavy atom. The summed E-state index contributed by atoms with van der Waals surface area (Å²) in [6, 6.07) is 23.0. The van der Waals surface area contributed by atoms with Gasteiger partial charge in [0.1, 0.15) is 0 Å². The Kier molecular flexibility index (Phi) is 7.33. The predicted octanol–water partition coefficient (Wildman–Crippen LogP) is 6.59. The molecule has 0 aliphatic carbocycles. The third-order valence-electron chi connectivity index (χ3n) is 4.72. The zero-order chi connectivity index (χ0) is 22.4. The largest absolute Gasteiger partial charge is 0.294 e. The summed E-state index contributed by atoms with van der Waals surface area (Å²) in [5.41, 5.74) is 2.60. The van der Waals surface area contributed by atoms with Crippen LogP contribution in [0.2, 0.25) is 0 Å². The molecule has 0 amide bonds. The molecule has 0 aliphatic heterocycles. The fraction of sp³-hybridized carbons (Fsp3) is 0.0769. The van der Waals surface area contributed by atoms with Crippen LogP contribution >= 0.6 is 0 Å². The number of hydrogen-bond donors (Lipinski definition) is 1. The lowest BCUT2D eigenvalue weighted by molar-refractivity contribution is 0.483. The van der Waals surface area contributed by atoms with Crippen molar-refractivity contribution in [2.24, 2.45) is 0 Å². The van der Waals surface area contributed by atoms with Gasteiger partial charge >= 0.3 is 0 Å². The zero-order valence-electron chi connectivity index (χ0n) is 17.5. The lowest BCUT2D eigenvalue weighted by Gasteiger charge is -2.12. The van der Waals surface area contributed by atoms with Gasteiger partial charge in [0.15, 0.2) is 14.7 Å². The second-order valence-electron chi connectivity index (χ2n) is 6.90. The molecule has 0 heterocycles. The van der Waals surface area contributed by atoms with Crippen LogP contribution in [0, 0.1) is 6.92 Å². The molecule has 0 saturated heterocycles. The van der Waals surface area contributed by atoms with Crippen LogP contribution in [0.5, 0.6) is 0 Å². The van der Waals surface area contributed by atoms with E-state index in [9.17, 15) is 13.0 Å². The van der Waals surface area contributed by atoms with Gasteiger partial charge in [-0.05, 0) is 73.0 Å². The molecular formula is C26H25O3S2+. The summed E-state index contributed by atoms with van der Waals surface area (Å²) in [4.78, 5) is 3.30. The van der Waals surface area contributed by atoms with E-state index >= 15 is 0 Å². The SMILES string of the molecule is C=C/C=C(\C=C/C)[S+](c1ccccc1)c1cccc(-c2cc(S(=O)(=O)O)ccc2C)c1. The van der Waals surface area contributed by atoms with E-state index in [4.69, 9.17) is 0 Å². The molecular weight excluding hydrogens is 424 g/mol. The smallest absolute Gasteiger partial charge is 0.282 e. The number of rotatable bonds is 7. The van der Waals surface area contributed by atoms with Gasteiger partial charge in [0.25, 0.3) is 10.1 Å². The molecule has 5 heteroatoms. The second kappa shape index (κ2) is 9.96. The van der Waals surface area contributed by atoms with Gasteiger partial charge in [-0.25, -0.2) is 0 Å². The van der Waals surface area contributed by atoms with Crippen molar-refractivity contribution in [3.63, 3.8) is 0 Å². The van der Waals surface area contributed by atoms with Crippen LogP contribution in [-0.2, 0) is 21.0 Å². The maximum atomic E-state index is 11.7. The van der Waals surface area contributed by atoms with E-state index in [0.717, 1.165) is 26.5 Å². The summed E-state index contributed by atoms with van der Waals surface area (Å²) >= 11 is 0. The maximum absolute atomic E-state index is 11.7. The monoisotopic (exact) mass is 449 g/mol. The Balaban J connectivity index is 2.20. The van der Waals surface area contributed by atoms with Crippen molar-refractivity contribution in [2.45, 2.75) is 28.5 Å². The zero-order valence-corrected chi connectivity index (χ0v) is 19.2. The van der Waals surface area contributed by atoms with E-state index in [-0.39, 0.29) is 15.8 Å². The predicted molar refractivity (Wildman–Crippen MR) is 130 cm³/mol. The highest BCUT2D eigenvalue weighted by Gasteiger charge is 2.29. The molecule has 0 aliphatic rings. The first-order valence-corrected chi connectivity index (χ1v) is 12.4. The molecule has 0 aromatic heterocycles. The number of aryl methyl sites for hydroxylation is 1. The van der Waals surface area contributed by atoms with Gasteiger partial charge in [0.05, 0.1) is 15.8 Å². The minimum Gasteiger partial charge on any atom is -0.282 e. The van der Waals surface area contributed by atoms with E-state index in [1.165, 1.54) is 17.0 Å². The van der Waals surface area contributed by atoms with Gasteiger partial charge in [0, 0.05) is 6.07 Å². The summed E-state index contributed by atoms with van der Waals surface area (Å²) in [7, 11) is -4.64. The molecule has 0 saturated carbocycles. The van der Waals surface area contributed by atoms with Gasteiger partial charge in [-0.2, -0.15) is 8.42 Å². The first kappa shape index (κ1) is 22.8. The van der Waals surface area contributed by atoms with Crippen LogP contribution in [0.4, 0.5) is 0 Å². The number of hydrogen-bond acceptors (Lipinski definition) is 2. The van der Waals surface area contributed by atoms with Crippen LogP contribution in [0.15, 0.2) is 123 Å². The fourth-order valence-corrected chi connectivity index (χ4v) is 6.02. The molecule has 3 aromatic rings. The third kappa shape index (κ3) is 5.44. The molecule has 3 aromatic carbocycles. The highest BCUT2D eigenvalue weighted by molar-refractivity contribution is 8.00. The molecule has 1 unspecified atom stereocenters. The summed E-state index contributed by atoms with van der Waals surface area (Å²) < 4.78 is 32.8. The topological polar surface area (TPSA) is 54.4 Å². The molecule has 3 rings (SSSR count).